The topological polar surface area (TPSA) is 30.7 Å². The second-order valence-corrected chi connectivity index (χ2v) is 6.14. The molecule has 0 N–H and O–H groups in total. The van der Waals surface area contributed by atoms with E-state index in [1.807, 2.05) is 29.9 Å². The number of aromatic nitrogens is 3. The van der Waals surface area contributed by atoms with Gasteiger partial charge in [-0.05, 0) is 23.6 Å². The van der Waals surface area contributed by atoms with Gasteiger partial charge in [0.1, 0.15) is 0 Å². The Morgan fingerprint density at radius 3 is 2.00 bits per heavy atom. The van der Waals surface area contributed by atoms with E-state index in [9.17, 15) is 0 Å². The first-order valence-corrected chi connectivity index (χ1v) is 8.35. The first-order valence-electron chi connectivity index (χ1n) is 8.35. The highest BCUT2D eigenvalue weighted by atomic mass is 15.3. The quantitative estimate of drug-likeness (QED) is 0.523. The molecule has 0 aliphatic carbocycles. The lowest BCUT2D eigenvalue weighted by Crippen LogP contribution is -1.94. The molecule has 0 aliphatic heterocycles. The van der Waals surface area contributed by atoms with Crippen molar-refractivity contribution in [1.82, 2.24) is 14.8 Å². The van der Waals surface area contributed by atoms with Crippen molar-refractivity contribution in [3.8, 4) is 33.9 Å². The van der Waals surface area contributed by atoms with E-state index in [0.29, 0.717) is 0 Å². The third-order valence-corrected chi connectivity index (χ3v) is 4.40. The minimum atomic E-state index is 0.766. The van der Waals surface area contributed by atoms with Crippen LogP contribution in [0, 0.1) is 6.92 Å². The second kappa shape index (κ2) is 6.36. The van der Waals surface area contributed by atoms with Gasteiger partial charge in [-0.15, -0.1) is 0 Å². The Morgan fingerprint density at radius 1 is 0.680 bits per heavy atom. The maximum Gasteiger partial charge on any atom is 0.182 e. The van der Waals surface area contributed by atoms with E-state index in [2.05, 4.69) is 72.7 Å². The predicted octanol–water partition coefficient (Wildman–Crippen LogP) is 5.12. The van der Waals surface area contributed by atoms with Crippen LogP contribution in [0.4, 0.5) is 0 Å². The molecule has 0 saturated heterocycles. The monoisotopic (exact) mass is 325 g/mol. The van der Waals surface area contributed by atoms with Crippen LogP contribution in [-0.2, 0) is 7.05 Å². The standard InChI is InChI=1S/C22H19N3/c1-16-8-6-7-11-20(16)21-23-22(25(2)24-21)19-14-12-18(13-15-19)17-9-4-3-5-10-17/h3-15H,1-2H3. The van der Waals surface area contributed by atoms with Crippen molar-refractivity contribution in [3.05, 3.63) is 84.4 Å². The summed E-state index contributed by atoms with van der Waals surface area (Å²) in [7, 11) is 1.94. The van der Waals surface area contributed by atoms with Crippen LogP contribution >= 0.6 is 0 Å². The van der Waals surface area contributed by atoms with Gasteiger partial charge in [0.15, 0.2) is 11.6 Å². The van der Waals surface area contributed by atoms with Crippen molar-refractivity contribution in [2.45, 2.75) is 6.92 Å². The van der Waals surface area contributed by atoms with Crippen LogP contribution in [0.25, 0.3) is 33.9 Å². The second-order valence-electron chi connectivity index (χ2n) is 6.14. The summed E-state index contributed by atoms with van der Waals surface area (Å²) in [5, 5.41) is 4.60. The molecule has 0 fully saturated rings. The number of rotatable bonds is 3. The van der Waals surface area contributed by atoms with Crippen LogP contribution in [0.3, 0.4) is 0 Å². The number of hydrogen-bond acceptors (Lipinski definition) is 2. The van der Waals surface area contributed by atoms with Crippen LogP contribution < -0.4 is 0 Å². The van der Waals surface area contributed by atoms with E-state index in [4.69, 9.17) is 4.98 Å². The van der Waals surface area contributed by atoms with E-state index < -0.39 is 0 Å². The van der Waals surface area contributed by atoms with Gasteiger partial charge in [0.05, 0.1) is 0 Å². The summed E-state index contributed by atoms with van der Waals surface area (Å²) in [4.78, 5) is 4.77. The molecule has 3 aromatic carbocycles. The Morgan fingerprint density at radius 2 is 1.28 bits per heavy atom. The van der Waals surface area contributed by atoms with Crippen molar-refractivity contribution >= 4 is 0 Å². The van der Waals surface area contributed by atoms with Crippen molar-refractivity contribution in [1.29, 1.82) is 0 Å². The number of benzene rings is 3. The van der Waals surface area contributed by atoms with E-state index in [1.165, 1.54) is 16.7 Å². The van der Waals surface area contributed by atoms with Gasteiger partial charge >= 0.3 is 0 Å². The lowest BCUT2D eigenvalue weighted by molar-refractivity contribution is 0.777. The Labute approximate surface area is 147 Å². The number of nitrogens with zero attached hydrogens (tertiary/aromatic N) is 3. The fourth-order valence-corrected chi connectivity index (χ4v) is 3.02. The van der Waals surface area contributed by atoms with Crippen molar-refractivity contribution < 1.29 is 0 Å². The van der Waals surface area contributed by atoms with Gasteiger partial charge in [0.25, 0.3) is 0 Å². The summed E-state index contributed by atoms with van der Waals surface area (Å²) in [6, 6.07) is 27.1. The lowest BCUT2D eigenvalue weighted by atomic mass is 10.0. The zero-order valence-electron chi connectivity index (χ0n) is 14.3. The molecule has 3 heteroatoms. The van der Waals surface area contributed by atoms with Crippen molar-refractivity contribution in [2.24, 2.45) is 7.05 Å². The maximum absolute atomic E-state index is 4.77. The average molecular weight is 325 g/mol. The normalized spacial score (nSPS) is 10.8. The molecule has 122 valence electrons. The minimum Gasteiger partial charge on any atom is -0.248 e. The highest BCUT2D eigenvalue weighted by Gasteiger charge is 2.12. The SMILES string of the molecule is Cc1ccccc1-c1nc(-c2ccc(-c3ccccc3)cc2)n(C)n1. The molecule has 0 saturated carbocycles. The lowest BCUT2D eigenvalue weighted by Gasteiger charge is -2.04. The molecule has 4 aromatic rings. The predicted molar refractivity (Wildman–Crippen MR) is 102 cm³/mol. The van der Waals surface area contributed by atoms with Gasteiger partial charge < -0.3 is 0 Å². The Balaban J connectivity index is 1.70. The molecular formula is C22H19N3. The van der Waals surface area contributed by atoms with Gasteiger partial charge in [0, 0.05) is 18.2 Å². The molecule has 0 aliphatic rings. The average Bonchev–Trinajstić information content (AvgIpc) is 3.04. The maximum atomic E-state index is 4.77. The Bertz CT molecular complexity index is 999. The van der Waals surface area contributed by atoms with Gasteiger partial charge in [0.2, 0.25) is 0 Å². The number of hydrogen-bond donors (Lipinski definition) is 0. The van der Waals surface area contributed by atoms with Crippen LogP contribution in [0.5, 0.6) is 0 Å². The molecule has 0 unspecified atom stereocenters. The summed E-state index contributed by atoms with van der Waals surface area (Å²) >= 11 is 0. The molecule has 0 spiro atoms. The van der Waals surface area contributed by atoms with Crippen LogP contribution in [-0.4, -0.2) is 14.8 Å². The zero-order chi connectivity index (χ0) is 17.2. The molecular weight excluding hydrogens is 306 g/mol. The van der Waals surface area contributed by atoms with E-state index in [0.717, 1.165) is 22.8 Å². The highest BCUT2D eigenvalue weighted by Crippen LogP contribution is 2.26. The van der Waals surface area contributed by atoms with E-state index in [-0.39, 0.29) is 0 Å². The van der Waals surface area contributed by atoms with Crippen molar-refractivity contribution in [2.75, 3.05) is 0 Å². The molecule has 0 radical (unpaired) electrons. The third-order valence-electron chi connectivity index (χ3n) is 4.40. The summed E-state index contributed by atoms with van der Waals surface area (Å²) in [6.45, 7) is 2.08. The summed E-state index contributed by atoms with van der Waals surface area (Å²) < 4.78 is 1.85. The Hall–Kier alpha value is -3.20. The van der Waals surface area contributed by atoms with Crippen LogP contribution in [0.1, 0.15) is 5.56 Å². The molecule has 1 heterocycles. The van der Waals surface area contributed by atoms with E-state index in [1.54, 1.807) is 0 Å². The zero-order valence-corrected chi connectivity index (χ0v) is 14.3. The fourth-order valence-electron chi connectivity index (χ4n) is 3.02. The largest absolute Gasteiger partial charge is 0.248 e. The first kappa shape index (κ1) is 15.3. The summed E-state index contributed by atoms with van der Waals surface area (Å²) in [5.74, 6) is 1.64. The molecule has 4 rings (SSSR count). The van der Waals surface area contributed by atoms with Gasteiger partial charge in [-0.2, -0.15) is 5.10 Å². The Kier molecular flexibility index (Phi) is 3.90. The van der Waals surface area contributed by atoms with Gasteiger partial charge in [-0.25, -0.2) is 9.67 Å². The van der Waals surface area contributed by atoms with Gasteiger partial charge in [-0.3, -0.25) is 0 Å². The summed E-state index contributed by atoms with van der Waals surface area (Å²) in [6.07, 6.45) is 0. The third kappa shape index (κ3) is 2.96. The molecule has 25 heavy (non-hydrogen) atoms. The molecule has 0 bridgehead atoms. The molecule has 0 atom stereocenters. The first-order chi connectivity index (χ1) is 12.2. The van der Waals surface area contributed by atoms with Gasteiger partial charge in [-0.1, -0.05) is 78.9 Å². The minimum absolute atomic E-state index is 0.766. The highest BCUT2D eigenvalue weighted by molar-refractivity contribution is 5.69. The van der Waals surface area contributed by atoms with Crippen molar-refractivity contribution in [3.63, 3.8) is 0 Å². The van der Waals surface area contributed by atoms with Crippen LogP contribution in [0.2, 0.25) is 0 Å². The molecule has 0 amide bonds. The van der Waals surface area contributed by atoms with E-state index >= 15 is 0 Å². The number of aryl methyl sites for hydroxylation is 2. The molecule has 1 aromatic heterocycles. The summed E-state index contributed by atoms with van der Waals surface area (Å²) in [5.41, 5.74) is 5.73. The molecule has 3 nitrogen and oxygen atoms in total. The van der Waals surface area contributed by atoms with Crippen LogP contribution in [0.15, 0.2) is 78.9 Å². The smallest absolute Gasteiger partial charge is 0.182 e. The fraction of sp³-hybridized carbons (Fsp3) is 0.0909.